The molecule has 1 N–H and O–H groups in total. The molecule has 1 aliphatic rings. The minimum Gasteiger partial charge on any atom is -0.208 e. The molecule has 0 spiro atoms. The fourth-order valence-electron chi connectivity index (χ4n) is 2.51. The first kappa shape index (κ1) is 15.1. The summed E-state index contributed by atoms with van der Waals surface area (Å²) in [5, 5.41) is 0.324. The average Bonchev–Trinajstić information content (AvgIpc) is 2.61. The summed E-state index contributed by atoms with van der Waals surface area (Å²) < 4.78 is 27.4. The zero-order chi connectivity index (χ0) is 14.3. The zero-order valence-corrected chi connectivity index (χ0v) is 13.2. The van der Waals surface area contributed by atoms with Crippen molar-refractivity contribution in [3.63, 3.8) is 0 Å². The van der Waals surface area contributed by atoms with Crippen molar-refractivity contribution < 1.29 is 8.42 Å². The van der Waals surface area contributed by atoms with Crippen LogP contribution in [0.15, 0.2) is 23.1 Å². The first-order chi connectivity index (χ1) is 8.71. The molecule has 0 amide bonds. The van der Waals surface area contributed by atoms with E-state index in [1.165, 1.54) is 6.07 Å². The standard InChI is InChI=1S/C13H17Cl2NO2S/c1-13(2)7-6-9(8-13)16-19(17,18)11-5-3-4-10(14)12(11)15/h3-5,9,16H,6-8H2,1-2H3. The molecule has 0 radical (unpaired) electrons. The van der Waals surface area contributed by atoms with Crippen LogP contribution in [0.25, 0.3) is 0 Å². The Balaban J connectivity index is 2.22. The van der Waals surface area contributed by atoms with Crippen LogP contribution in [0.1, 0.15) is 33.1 Å². The largest absolute Gasteiger partial charge is 0.242 e. The lowest BCUT2D eigenvalue weighted by Gasteiger charge is -2.18. The van der Waals surface area contributed by atoms with Gasteiger partial charge in [-0.1, -0.05) is 43.1 Å². The molecular weight excluding hydrogens is 305 g/mol. The Kier molecular flexibility index (Phi) is 4.17. The van der Waals surface area contributed by atoms with Gasteiger partial charge in [-0.2, -0.15) is 0 Å². The maximum atomic E-state index is 12.3. The van der Waals surface area contributed by atoms with E-state index in [1.54, 1.807) is 12.1 Å². The van der Waals surface area contributed by atoms with Gasteiger partial charge in [-0.05, 0) is 36.8 Å². The maximum absolute atomic E-state index is 12.3. The first-order valence-electron chi connectivity index (χ1n) is 6.18. The summed E-state index contributed by atoms with van der Waals surface area (Å²) in [7, 11) is -3.61. The molecule has 1 aliphatic carbocycles. The monoisotopic (exact) mass is 321 g/mol. The van der Waals surface area contributed by atoms with Gasteiger partial charge in [0.25, 0.3) is 0 Å². The fourth-order valence-corrected chi connectivity index (χ4v) is 4.54. The molecule has 2 rings (SSSR count). The van der Waals surface area contributed by atoms with Crippen LogP contribution in [0, 0.1) is 5.41 Å². The molecule has 19 heavy (non-hydrogen) atoms. The third kappa shape index (κ3) is 3.43. The van der Waals surface area contributed by atoms with E-state index in [2.05, 4.69) is 18.6 Å². The van der Waals surface area contributed by atoms with Gasteiger partial charge in [0.05, 0.1) is 10.0 Å². The van der Waals surface area contributed by atoms with E-state index in [4.69, 9.17) is 23.2 Å². The lowest BCUT2D eigenvalue weighted by Crippen LogP contribution is -2.33. The van der Waals surface area contributed by atoms with Crippen molar-refractivity contribution in [2.75, 3.05) is 0 Å². The Bertz CT molecular complexity index is 584. The van der Waals surface area contributed by atoms with Crippen molar-refractivity contribution in [3.8, 4) is 0 Å². The molecular formula is C13H17Cl2NO2S. The Morgan fingerprint density at radius 1 is 1.32 bits per heavy atom. The summed E-state index contributed by atoms with van der Waals surface area (Å²) in [4.78, 5) is 0.0476. The number of hydrogen-bond donors (Lipinski definition) is 1. The summed E-state index contributed by atoms with van der Waals surface area (Å²) in [6.45, 7) is 4.29. The second-order valence-electron chi connectivity index (χ2n) is 5.78. The maximum Gasteiger partial charge on any atom is 0.242 e. The molecule has 0 saturated heterocycles. The van der Waals surface area contributed by atoms with Gasteiger partial charge in [0.2, 0.25) is 10.0 Å². The van der Waals surface area contributed by atoms with Gasteiger partial charge in [0.1, 0.15) is 4.90 Å². The lowest BCUT2D eigenvalue weighted by atomic mass is 9.92. The molecule has 1 fully saturated rings. The Labute approximate surface area is 124 Å². The van der Waals surface area contributed by atoms with Crippen LogP contribution in [0.4, 0.5) is 0 Å². The van der Waals surface area contributed by atoms with Crippen LogP contribution in [0.3, 0.4) is 0 Å². The Morgan fingerprint density at radius 2 is 2.00 bits per heavy atom. The van der Waals surface area contributed by atoms with Crippen molar-refractivity contribution in [1.29, 1.82) is 0 Å². The van der Waals surface area contributed by atoms with Crippen LogP contribution >= 0.6 is 23.2 Å². The topological polar surface area (TPSA) is 46.2 Å². The van der Waals surface area contributed by atoms with E-state index in [1.807, 2.05) is 0 Å². The third-order valence-electron chi connectivity index (χ3n) is 3.50. The van der Waals surface area contributed by atoms with E-state index in [-0.39, 0.29) is 26.4 Å². The Hall–Kier alpha value is -0.290. The quantitative estimate of drug-likeness (QED) is 0.919. The third-order valence-corrected chi connectivity index (χ3v) is 5.99. The SMILES string of the molecule is CC1(C)CCC(NS(=O)(=O)c2cccc(Cl)c2Cl)C1. The normalized spacial score (nSPS) is 22.6. The van der Waals surface area contributed by atoms with Crippen molar-refractivity contribution in [1.82, 2.24) is 4.72 Å². The molecule has 1 unspecified atom stereocenters. The summed E-state index contributed by atoms with van der Waals surface area (Å²) in [6.07, 6.45) is 2.71. The van der Waals surface area contributed by atoms with E-state index in [0.29, 0.717) is 0 Å². The molecule has 106 valence electrons. The first-order valence-corrected chi connectivity index (χ1v) is 8.41. The van der Waals surface area contributed by atoms with Crippen molar-refractivity contribution >= 4 is 33.2 Å². The number of nitrogens with one attached hydrogen (secondary N) is 1. The van der Waals surface area contributed by atoms with Gasteiger partial charge >= 0.3 is 0 Å². The zero-order valence-electron chi connectivity index (χ0n) is 10.9. The van der Waals surface area contributed by atoms with E-state index >= 15 is 0 Å². The van der Waals surface area contributed by atoms with Gasteiger partial charge in [-0.15, -0.1) is 0 Å². The van der Waals surface area contributed by atoms with Crippen LogP contribution in [0.5, 0.6) is 0 Å². The minimum absolute atomic E-state index is 0.0324. The Morgan fingerprint density at radius 3 is 2.58 bits per heavy atom. The summed E-state index contributed by atoms with van der Waals surface area (Å²) in [6, 6.07) is 4.59. The average molecular weight is 322 g/mol. The second kappa shape index (κ2) is 5.24. The number of halogens is 2. The highest BCUT2D eigenvalue weighted by Gasteiger charge is 2.34. The van der Waals surface area contributed by atoms with E-state index in [9.17, 15) is 8.42 Å². The van der Waals surface area contributed by atoms with Crippen molar-refractivity contribution in [2.45, 2.75) is 44.0 Å². The van der Waals surface area contributed by atoms with Crippen LogP contribution in [-0.4, -0.2) is 14.5 Å². The number of sulfonamides is 1. The number of benzene rings is 1. The second-order valence-corrected chi connectivity index (χ2v) is 8.24. The van der Waals surface area contributed by atoms with Crippen LogP contribution in [0.2, 0.25) is 10.0 Å². The molecule has 0 aliphatic heterocycles. The van der Waals surface area contributed by atoms with Crippen molar-refractivity contribution in [3.05, 3.63) is 28.2 Å². The van der Waals surface area contributed by atoms with Crippen LogP contribution in [-0.2, 0) is 10.0 Å². The number of hydrogen-bond acceptors (Lipinski definition) is 2. The smallest absolute Gasteiger partial charge is 0.208 e. The molecule has 1 aromatic carbocycles. The molecule has 0 heterocycles. The van der Waals surface area contributed by atoms with Gasteiger partial charge in [-0.25, -0.2) is 13.1 Å². The molecule has 0 aromatic heterocycles. The lowest BCUT2D eigenvalue weighted by molar-refractivity contribution is 0.372. The van der Waals surface area contributed by atoms with Crippen LogP contribution < -0.4 is 4.72 Å². The fraction of sp³-hybridized carbons (Fsp3) is 0.538. The molecule has 1 atom stereocenters. The van der Waals surface area contributed by atoms with Gasteiger partial charge in [-0.3, -0.25) is 0 Å². The highest BCUT2D eigenvalue weighted by Crippen LogP contribution is 2.38. The number of rotatable bonds is 3. The summed E-state index contributed by atoms with van der Waals surface area (Å²) in [5.74, 6) is 0. The van der Waals surface area contributed by atoms with E-state index < -0.39 is 10.0 Å². The summed E-state index contributed by atoms with van der Waals surface area (Å²) >= 11 is 11.8. The predicted octanol–water partition coefficient (Wildman–Crippen LogP) is 3.85. The van der Waals surface area contributed by atoms with Gasteiger partial charge < -0.3 is 0 Å². The predicted molar refractivity (Wildman–Crippen MR) is 78.2 cm³/mol. The van der Waals surface area contributed by atoms with Gasteiger partial charge in [0.15, 0.2) is 0 Å². The summed E-state index contributed by atoms with van der Waals surface area (Å²) in [5.41, 5.74) is 0.186. The molecule has 3 nitrogen and oxygen atoms in total. The van der Waals surface area contributed by atoms with Gasteiger partial charge in [0, 0.05) is 6.04 Å². The minimum atomic E-state index is -3.61. The highest BCUT2D eigenvalue weighted by atomic mass is 35.5. The molecule has 1 saturated carbocycles. The molecule has 0 bridgehead atoms. The molecule has 1 aromatic rings. The van der Waals surface area contributed by atoms with E-state index in [0.717, 1.165) is 19.3 Å². The molecule has 6 heteroatoms. The highest BCUT2D eigenvalue weighted by molar-refractivity contribution is 7.89. The van der Waals surface area contributed by atoms with Crippen molar-refractivity contribution in [2.24, 2.45) is 5.41 Å².